The second-order valence-corrected chi connectivity index (χ2v) is 21.7. The van der Waals surface area contributed by atoms with Crippen LogP contribution in [0.2, 0.25) is 0 Å². The summed E-state index contributed by atoms with van der Waals surface area (Å²) < 4.78 is 13.0. The van der Waals surface area contributed by atoms with Crippen LogP contribution in [0.1, 0.15) is 16.7 Å². The lowest BCUT2D eigenvalue weighted by Crippen LogP contribution is -2.31. The number of fused-ring (bicyclic) bond motifs is 2. The number of imidazole rings is 1. The van der Waals surface area contributed by atoms with E-state index < -0.39 is 35.4 Å². The van der Waals surface area contributed by atoms with Gasteiger partial charge in [0.2, 0.25) is 0 Å². The number of nitrogens with zero attached hydrogens (tertiary/aromatic N) is 6. The third-order valence-electron chi connectivity index (χ3n) is 16.3. The molecule has 0 spiro atoms. The van der Waals surface area contributed by atoms with E-state index in [0.29, 0.717) is 73.2 Å². The van der Waals surface area contributed by atoms with E-state index in [1.54, 1.807) is 36.7 Å². The summed E-state index contributed by atoms with van der Waals surface area (Å²) in [5.74, 6) is -0.139. The average Bonchev–Trinajstić information content (AvgIpc) is 1.57. The number of aromatic nitrogens is 4. The first-order valence-corrected chi connectivity index (χ1v) is 29.2. The maximum absolute atomic E-state index is 10.0. The largest absolute Gasteiger partial charge is 0.539 e. The summed E-state index contributed by atoms with van der Waals surface area (Å²) in [6.07, 6.45) is 3.57. The molecule has 10 aromatic carbocycles. The van der Waals surface area contributed by atoms with Gasteiger partial charge in [-0.15, -0.1) is 0 Å². The van der Waals surface area contributed by atoms with Crippen LogP contribution < -0.4 is 20.2 Å². The van der Waals surface area contributed by atoms with Crippen molar-refractivity contribution in [1.82, 2.24) is 19.5 Å². The summed E-state index contributed by atoms with van der Waals surface area (Å²) in [6.45, 7) is 0. The molecule has 1 aliphatic rings. The second-order valence-electron chi connectivity index (χ2n) is 21.7. The van der Waals surface area contributed by atoms with Crippen molar-refractivity contribution in [3.05, 3.63) is 284 Å². The van der Waals surface area contributed by atoms with Crippen LogP contribution in [-0.2, 0) is 5.79 Å². The van der Waals surface area contributed by atoms with Gasteiger partial charge in [0.15, 0.2) is 0 Å². The first-order chi connectivity index (χ1) is 44.1. The van der Waals surface area contributed by atoms with Crippen molar-refractivity contribution in [3.63, 3.8) is 0 Å². The molecule has 1 aliphatic heterocycles. The minimum absolute atomic E-state index is 0.369. The molecule has 13 aromatic rings. The van der Waals surface area contributed by atoms with Gasteiger partial charge in [0, 0.05) is 56.5 Å². The second kappa shape index (κ2) is 24.4. The van der Waals surface area contributed by atoms with Crippen LogP contribution >= 0.6 is 0 Å². The summed E-state index contributed by atoms with van der Waals surface area (Å²) >= 11 is 0. The zero-order chi connectivity index (χ0) is 61.3. The number of aliphatic imine (C=N–C) groups is 2. The molecular weight excluding hydrogens is 1120 g/mol. The fourth-order valence-electron chi connectivity index (χ4n) is 11.9. The van der Waals surface area contributed by atoms with Crippen molar-refractivity contribution >= 4 is 73.8 Å². The van der Waals surface area contributed by atoms with Gasteiger partial charge in [0.05, 0.1) is 33.8 Å². The van der Waals surface area contributed by atoms with Crippen LogP contribution in [0.5, 0.6) is 11.5 Å². The SMILES string of the molecule is OBOc1ccc(-c2cccc(-c3c(-c4ccccc4)nc(-c4ccc5c(-c6ccc(OBO)cc6)ccnc5c4)n3C3(c4ccc5c(-c6ccc(B(O)O)cc6)ccnc5c4)N=C(c4ccccc4)C(c4cccc(-c5ccc(B(O)O)cc5)c4)=N3)c2)cc1. The predicted octanol–water partition coefficient (Wildman–Crippen LogP) is 9.93. The minimum atomic E-state index is -1.73. The Kier molecular flexibility index (Phi) is 15.4. The normalized spacial score (nSPS) is 13.6. The summed E-state index contributed by atoms with van der Waals surface area (Å²) in [5, 5.41) is 61.0. The first kappa shape index (κ1) is 57.0. The third kappa shape index (κ3) is 10.9. The van der Waals surface area contributed by atoms with Gasteiger partial charge in [-0.3, -0.25) is 14.5 Å². The van der Waals surface area contributed by atoms with Crippen LogP contribution in [0.4, 0.5) is 0 Å². The van der Waals surface area contributed by atoms with Crippen LogP contribution in [-0.4, -0.2) is 90.7 Å². The molecule has 18 heteroatoms. The van der Waals surface area contributed by atoms with Gasteiger partial charge in [-0.1, -0.05) is 194 Å². The Balaban J connectivity index is 1.09. The van der Waals surface area contributed by atoms with Crippen molar-refractivity contribution in [2.75, 3.05) is 0 Å². The smallest absolute Gasteiger partial charge is 0.504 e. The van der Waals surface area contributed by atoms with Gasteiger partial charge >= 0.3 is 29.6 Å². The fourth-order valence-corrected chi connectivity index (χ4v) is 11.9. The quantitative estimate of drug-likeness (QED) is 0.0473. The lowest BCUT2D eigenvalue weighted by molar-refractivity contribution is 0.409. The molecular formula is C72H52B4N6O8. The monoisotopic (exact) mass is 1170 g/mol. The van der Waals surface area contributed by atoms with Gasteiger partial charge in [0.25, 0.3) is 5.79 Å². The van der Waals surface area contributed by atoms with E-state index in [-0.39, 0.29) is 0 Å². The molecule has 1 unspecified atom stereocenters. The zero-order valence-electron chi connectivity index (χ0n) is 48.2. The van der Waals surface area contributed by atoms with E-state index in [4.69, 9.17) is 34.2 Å². The van der Waals surface area contributed by atoms with Gasteiger partial charge in [-0.25, -0.2) is 15.0 Å². The highest BCUT2D eigenvalue weighted by Crippen LogP contribution is 2.48. The topological polar surface area (TPSA) is 208 Å². The Bertz CT molecular complexity index is 4870. The van der Waals surface area contributed by atoms with Crippen molar-refractivity contribution in [2.45, 2.75) is 5.79 Å². The Hall–Kier alpha value is -10.8. The molecule has 14 nitrogen and oxygen atoms in total. The first-order valence-electron chi connectivity index (χ1n) is 29.2. The molecule has 6 N–H and O–H groups in total. The standard InChI is InChI=1S/C72H52B4N6O8/c83-73-89-59-31-21-46(22-32-59)52-14-8-16-54(42-52)70-69(50-11-5-2-6-12-50)79-71(55-25-35-63-62(37-39-77-65(63)43-55)48-23-33-60(34-24-48)90-74-84)82(70)72(56-26-36-64-61(38-40-78-66(64)44-56)47-19-29-58(30-20-47)76(87)88)80-67(49-9-3-1-4-10-49)68(81-72)53-15-7-13-51(41-53)45-17-27-57(28-18-45)75(85)86/h1-44,73-74,83-88H. The molecule has 0 aliphatic carbocycles. The number of hydrogen-bond donors (Lipinski definition) is 6. The third-order valence-corrected chi connectivity index (χ3v) is 16.3. The highest BCUT2D eigenvalue weighted by Gasteiger charge is 2.45. The van der Waals surface area contributed by atoms with E-state index in [9.17, 15) is 30.1 Å². The van der Waals surface area contributed by atoms with Crippen molar-refractivity contribution in [3.8, 4) is 89.9 Å². The molecule has 0 fully saturated rings. The van der Waals surface area contributed by atoms with E-state index >= 15 is 0 Å². The van der Waals surface area contributed by atoms with E-state index in [1.165, 1.54) is 0 Å². The van der Waals surface area contributed by atoms with Crippen molar-refractivity contribution < 1.29 is 39.5 Å². The van der Waals surface area contributed by atoms with Crippen LogP contribution in [0.15, 0.2) is 277 Å². The van der Waals surface area contributed by atoms with Crippen LogP contribution in [0.25, 0.3) is 100 Å². The number of benzene rings is 10. The van der Waals surface area contributed by atoms with Crippen LogP contribution in [0.3, 0.4) is 0 Å². The predicted molar refractivity (Wildman–Crippen MR) is 360 cm³/mol. The van der Waals surface area contributed by atoms with Crippen molar-refractivity contribution in [1.29, 1.82) is 0 Å². The molecule has 0 radical (unpaired) electrons. The maximum atomic E-state index is 10.0. The fraction of sp³-hybridized carbons (Fsp3) is 0.0139. The molecule has 0 saturated carbocycles. The van der Waals surface area contributed by atoms with Crippen molar-refractivity contribution in [2.24, 2.45) is 9.98 Å². The molecule has 14 rings (SSSR count). The van der Waals surface area contributed by atoms with Gasteiger partial charge in [-0.05, 0) is 116 Å². The molecule has 1 atom stereocenters. The molecule has 0 bridgehead atoms. The van der Waals surface area contributed by atoms with Gasteiger partial charge in [-0.2, -0.15) is 0 Å². The summed E-state index contributed by atoms with van der Waals surface area (Å²) in [5.41, 5.74) is 16.3. The van der Waals surface area contributed by atoms with Gasteiger partial charge < -0.3 is 39.5 Å². The number of rotatable bonds is 17. The Morgan fingerprint density at radius 1 is 0.378 bits per heavy atom. The lowest BCUT2D eigenvalue weighted by atomic mass is 9.80. The minimum Gasteiger partial charge on any atom is -0.539 e. The number of pyridine rings is 2. The highest BCUT2D eigenvalue weighted by atomic mass is 16.5. The molecule has 90 heavy (non-hydrogen) atoms. The van der Waals surface area contributed by atoms with Crippen LogP contribution in [0, 0.1) is 0 Å². The zero-order valence-corrected chi connectivity index (χ0v) is 48.2. The molecule has 4 heterocycles. The van der Waals surface area contributed by atoms with Gasteiger partial charge in [0.1, 0.15) is 17.3 Å². The maximum Gasteiger partial charge on any atom is 0.504 e. The number of hydrogen-bond acceptors (Lipinski definition) is 13. The summed E-state index contributed by atoms with van der Waals surface area (Å²) in [6, 6.07) is 82.2. The molecule has 430 valence electrons. The molecule has 3 aromatic heterocycles. The van der Waals surface area contributed by atoms with E-state index in [1.807, 2.05) is 170 Å². The molecule has 0 amide bonds. The Morgan fingerprint density at radius 3 is 1.38 bits per heavy atom. The lowest BCUT2D eigenvalue weighted by Gasteiger charge is -2.30. The molecule has 0 saturated heterocycles. The summed E-state index contributed by atoms with van der Waals surface area (Å²) in [4.78, 5) is 28.1. The highest BCUT2D eigenvalue weighted by molar-refractivity contribution is 6.59. The summed E-state index contributed by atoms with van der Waals surface area (Å²) in [7, 11) is -4.14. The van der Waals surface area contributed by atoms with E-state index in [0.717, 1.165) is 77.5 Å². The Labute approximate surface area is 519 Å². The Morgan fingerprint density at radius 2 is 0.822 bits per heavy atom. The average molecular weight is 1170 g/mol. The van der Waals surface area contributed by atoms with E-state index in [2.05, 4.69) is 65.2 Å².